The Labute approximate surface area is 132 Å². The van der Waals surface area contributed by atoms with Crippen molar-refractivity contribution >= 4 is 5.91 Å². The Kier molecular flexibility index (Phi) is 6.01. The molecule has 1 heterocycles. The lowest BCUT2D eigenvalue weighted by molar-refractivity contribution is -0.143. The second-order valence-electron chi connectivity index (χ2n) is 5.55. The van der Waals surface area contributed by atoms with Gasteiger partial charge in [-0.15, -0.1) is 6.58 Å². The van der Waals surface area contributed by atoms with Crippen LogP contribution in [0.3, 0.4) is 0 Å². The summed E-state index contributed by atoms with van der Waals surface area (Å²) in [6.45, 7) is 6.82. The number of carbonyl (C=O) groups excluding carboxylic acids is 1. The van der Waals surface area contributed by atoms with Crippen LogP contribution in [0.4, 0.5) is 0 Å². The van der Waals surface area contributed by atoms with Gasteiger partial charge >= 0.3 is 0 Å². The molecule has 1 saturated heterocycles. The molecule has 1 fully saturated rings. The fourth-order valence-electron chi connectivity index (χ4n) is 2.84. The summed E-state index contributed by atoms with van der Waals surface area (Å²) >= 11 is 0. The molecule has 1 aromatic rings. The van der Waals surface area contributed by atoms with Crippen LogP contribution in [0, 0.1) is 0 Å². The smallest absolute Gasteiger partial charge is 0.251 e. The van der Waals surface area contributed by atoms with Crippen LogP contribution in [0.1, 0.15) is 37.8 Å². The zero-order valence-electron chi connectivity index (χ0n) is 13.5. The Morgan fingerprint density at radius 3 is 2.82 bits per heavy atom. The van der Waals surface area contributed by atoms with Gasteiger partial charge in [0.25, 0.3) is 5.91 Å². The fraction of sp³-hybridized carbons (Fsp3) is 0.500. The lowest BCUT2D eigenvalue weighted by atomic mass is 10.0. The maximum atomic E-state index is 12.6. The van der Waals surface area contributed by atoms with Crippen LogP contribution in [0.15, 0.2) is 36.9 Å². The van der Waals surface area contributed by atoms with E-state index in [2.05, 4.69) is 6.58 Å². The van der Waals surface area contributed by atoms with Crippen molar-refractivity contribution in [2.75, 3.05) is 20.3 Å². The summed E-state index contributed by atoms with van der Waals surface area (Å²) in [6, 6.07) is 8.11. The maximum Gasteiger partial charge on any atom is 0.251 e. The van der Waals surface area contributed by atoms with Crippen molar-refractivity contribution in [1.82, 2.24) is 4.90 Å². The van der Waals surface area contributed by atoms with Gasteiger partial charge in [-0.25, -0.2) is 0 Å². The van der Waals surface area contributed by atoms with Gasteiger partial charge in [-0.2, -0.15) is 0 Å². The molecule has 22 heavy (non-hydrogen) atoms. The van der Waals surface area contributed by atoms with E-state index in [-0.39, 0.29) is 11.9 Å². The minimum Gasteiger partial charge on any atom is -0.497 e. The van der Waals surface area contributed by atoms with Gasteiger partial charge in [0.1, 0.15) is 11.9 Å². The predicted octanol–water partition coefficient (Wildman–Crippen LogP) is 3.34. The number of carbonyl (C=O) groups is 1. The van der Waals surface area contributed by atoms with E-state index in [1.807, 2.05) is 36.1 Å². The molecule has 2 rings (SSSR count). The van der Waals surface area contributed by atoms with E-state index in [9.17, 15) is 4.79 Å². The lowest BCUT2D eigenvalue weighted by Crippen LogP contribution is -2.38. The summed E-state index contributed by atoms with van der Waals surface area (Å²) in [4.78, 5) is 14.5. The molecule has 4 heteroatoms. The third-order valence-corrected chi connectivity index (χ3v) is 4.07. The van der Waals surface area contributed by atoms with Crippen LogP contribution < -0.4 is 4.74 Å². The van der Waals surface area contributed by atoms with Crippen molar-refractivity contribution in [3.05, 3.63) is 42.5 Å². The molecule has 1 aliphatic heterocycles. The average Bonchev–Trinajstić information content (AvgIpc) is 3.03. The maximum absolute atomic E-state index is 12.6. The van der Waals surface area contributed by atoms with E-state index in [4.69, 9.17) is 9.47 Å². The third-order valence-electron chi connectivity index (χ3n) is 4.07. The standard InChI is InChI=1S/C18H25NO3/c1-4-5-13-22-14(2)18(20)19-12-6-7-17(19)15-8-10-16(21-3)11-9-15/h4,8-11,14,17H,1,5-7,12-13H2,2-3H3. The Balaban J connectivity index is 2.02. The number of likely N-dealkylation sites (tertiary alicyclic amines) is 1. The van der Waals surface area contributed by atoms with Crippen molar-refractivity contribution < 1.29 is 14.3 Å². The number of hydrogen-bond donors (Lipinski definition) is 0. The number of hydrogen-bond acceptors (Lipinski definition) is 3. The topological polar surface area (TPSA) is 38.8 Å². The van der Waals surface area contributed by atoms with Crippen molar-refractivity contribution in [1.29, 1.82) is 0 Å². The molecule has 0 spiro atoms. The first kappa shape index (κ1) is 16.6. The van der Waals surface area contributed by atoms with Gasteiger partial charge in [-0.05, 0) is 43.9 Å². The summed E-state index contributed by atoms with van der Waals surface area (Å²) < 4.78 is 10.8. The normalized spacial score (nSPS) is 19.0. The summed E-state index contributed by atoms with van der Waals surface area (Å²) in [5, 5.41) is 0. The first-order chi connectivity index (χ1) is 10.7. The Morgan fingerprint density at radius 2 is 2.18 bits per heavy atom. The quantitative estimate of drug-likeness (QED) is 0.573. The highest BCUT2D eigenvalue weighted by atomic mass is 16.5. The summed E-state index contributed by atoms with van der Waals surface area (Å²) in [5.41, 5.74) is 1.16. The minimum atomic E-state index is -0.404. The van der Waals surface area contributed by atoms with Crippen molar-refractivity contribution in [3.8, 4) is 5.75 Å². The van der Waals surface area contributed by atoms with Gasteiger partial charge < -0.3 is 14.4 Å². The molecule has 0 saturated carbocycles. The molecular formula is C18H25NO3. The molecule has 2 unspecified atom stereocenters. The number of amides is 1. The van der Waals surface area contributed by atoms with Gasteiger partial charge in [0.05, 0.1) is 19.8 Å². The highest BCUT2D eigenvalue weighted by Gasteiger charge is 2.32. The van der Waals surface area contributed by atoms with E-state index < -0.39 is 6.10 Å². The Bertz CT molecular complexity index is 498. The third kappa shape index (κ3) is 3.89. The molecule has 0 N–H and O–H groups in total. The molecule has 120 valence electrons. The van der Waals surface area contributed by atoms with Crippen molar-refractivity contribution in [3.63, 3.8) is 0 Å². The zero-order valence-corrected chi connectivity index (χ0v) is 13.5. The molecule has 0 radical (unpaired) electrons. The monoisotopic (exact) mass is 303 g/mol. The van der Waals surface area contributed by atoms with Gasteiger partial charge in [-0.1, -0.05) is 18.2 Å². The molecule has 1 aromatic carbocycles. The van der Waals surface area contributed by atoms with Crippen molar-refractivity contribution in [2.45, 2.75) is 38.3 Å². The van der Waals surface area contributed by atoms with Gasteiger partial charge in [-0.3, -0.25) is 4.79 Å². The highest BCUT2D eigenvalue weighted by molar-refractivity contribution is 5.81. The Morgan fingerprint density at radius 1 is 1.45 bits per heavy atom. The molecule has 2 atom stereocenters. The number of methoxy groups -OCH3 is 1. The summed E-state index contributed by atoms with van der Waals surface area (Å²) in [6.07, 6.45) is 4.19. The highest BCUT2D eigenvalue weighted by Crippen LogP contribution is 2.33. The zero-order chi connectivity index (χ0) is 15.9. The fourth-order valence-corrected chi connectivity index (χ4v) is 2.84. The number of rotatable bonds is 7. The number of ether oxygens (including phenoxy) is 2. The molecular weight excluding hydrogens is 278 g/mol. The molecule has 4 nitrogen and oxygen atoms in total. The average molecular weight is 303 g/mol. The minimum absolute atomic E-state index is 0.0716. The summed E-state index contributed by atoms with van der Waals surface area (Å²) in [5.74, 6) is 0.906. The molecule has 1 aliphatic rings. The second kappa shape index (κ2) is 7.99. The summed E-state index contributed by atoms with van der Waals surface area (Å²) in [7, 11) is 1.66. The lowest BCUT2D eigenvalue weighted by Gasteiger charge is -2.28. The van der Waals surface area contributed by atoms with Gasteiger partial charge in [0.15, 0.2) is 0 Å². The van der Waals surface area contributed by atoms with E-state index in [1.54, 1.807) is 13.2 Å². The predicted molar refractivity (Wildman–Crippen MR) is 86.9 cm³/mol. The number of nitrogens with zero attached hydrogens (tertiary/aromatic N) is 1. The van der Waals surface area contributed by atoms with E-state index in [1.165, 1.54) is 0 Å². The molecule has 0 bridgehead atoms. The van der Waals surface area contributed by atoms with Crippen LogP contribution >= 0.6 is 0 Å². The SMILES string of the molecule is C=CCCOC(C)C(=O)N1CCCC1c1ccc(OC)cc1. The van der Waals surface area contributed by atoms with Crippen molar-refractivity contribution in [2.24, 2.45) is 0 Å². The van der Waals surface area contributed by atoms with Crippen LogP contribution in [-0.4, -0.2) is 37.2 Å². The molecule has 1 amide bonds. The van der Waals surface area contributed by atoms with Gasteiger partial charge in [0.2, 0.25) is 0 Å². The van der Waals surface area contributed by atoms with Crippen LogP contribution in [0.5, 0.6) is 5.75 Å². The van der Waals surface area contributed by atoms with Crippen LogP contribution in [0.2, 0.25) is 0 Å². The Hall–Kier alpha value is -1.81. The first-order valence-corrected chi connectivity index (χ1v) is 7.84. The van der Waals surface area contributed by atoms with E-state index in [0.717, 1.165) is 37.1 Å². The second-order valence-corrected chi connectivity index (χ2v) is 5.55. The van der Waals surface area contributed by atoms with Gasteiger partial charge in [0, 0.05) is 6.54 Å². The first-order valence-electron chi connectivity index (χ1n) is 7.84. The van der Waals surface area contributed by atoms with E-state index >= 15 is 0 Å². The van der Waals surface area contributed by atoms with Crippen LogP contribution in [0.25, 0.3) is 0 Å². The van der Waals surface area contributed by atoms with Crippen LogP contribution in [-0.2, 0) is 9.53 Å². The van der Waals surface area contributed by atoms with E-state index in [0.29, 0.717) is 6.61 Å². The molecule has 0 aromatic heterocycles. The largest absolute Gasteiger partial charge is 0.497 e. The molecule has 0 aliphatic carbocycles. The number of benzene rings is 1.